The molecular formula is C19H27Cl3N2O2. The van der Waals surface area contributed by atoms with Gasteiger partial charge < -0.3 is 10.0 Å². The van der Waals surface area contributed by atoms with Crippen molar-refractivity contribution >= 4 is 41.5 Å². The van der Waals surface area contributed by atoms with E-state index in [0.29, 0.717) is 21.7 Å². The van der Waals surface area contributed by atoms with Gasteiger partial charge in [0.05, 0.1) is 16.1 Å². The molecule has 0 radical (unpaired) electrons. The predicted octanol–water partition coefficient (Wildman–Crippen LogP) is 4.34. The molecule has 0 aromatic heterocycles. The summed E-state index contributed by atoms with van der Waals surface area (Å²) in [4.78, 5) is 16.6. The minimum atomic E-state index is -0.885. The first-order valence-corrected chi connectivity index (χ1v) is 9.56. The lowest BCUT2D eigenvalue weighted by molar-refractivity contribution is -0.128. The van der Waals surface area contributed by atoms with E-state index < -0.39 is 6.10 Å². The van der Waals surface area contributed by atoms with Gasteiger partial charge in [-0.2, -0.15) is 0 Å². The molecule has 1 N–H and O–H groups in total. The highest BCUT2D eigenvalue weighted by molar-refractivity contribution is 6.42. The van der Waals surface area contributed by atoms with E-state index in [0.717, 1.165) is 39.0 Å². The largest absolute Gasteiger partial charge is 0.384 e. The van der Waals surface area contributed by atoms with Crippen molar-refractivity contribution in [3.63, 3.8) is 0 Å². The van der Waals surface area contributed by atoms with Crippen LogP contribution >= 0.6 is 35.6 Å². The predicted molar refractivity (Wildman–Crippen MR) is 110 cm³/mol. The molecule has 1 atom stereocenters. The molecule has 1 unspecified atom stereocenters. The molecule has 0 spiro atoms. The molecular weight excluding hydrogens is 395 g/mol. The summed E-state index contributed by atoms with van der Waals surface area (Å²) in [7, 11) is 0. The molecule has 26 heavy (non-hydrogen) atoms. The first kappa shape index (κ1) is 23.3. The Morgan fingerprint density at radius 2 is 1.77 bits per heavy atom. The van der Waals surface area contributed by atoms with Gasteiger partial charge >= 0.3 is 0 Å². The normalized spacial score (nSPS) is 16.8. The molecule has 0 saturated carbocycles. The third-order valence-corrected chi connectivity index (χ3v) is 5.53. The fraction of sp³-hybridized carbons (Fsp3) is 0.526. The Labute approximate surface area is 172 Å². The van der Waals surface area contributed by atoms with Crippen LogP contribution in [0.5, 0.6) is 0 Å². The number of carbonyl (C=O) groups is 1. The van der Waals surface area contributed by atoms with Crippen LogP contribution in [-0.2, 0) is 4.79 Å². The second-order valence-electron chi connectivity index (χ2n) is 6.31. The molecule has 4 nitrogen and oxygen atoms in total. The van der Waals surface area contributed by atoms with Crippen LogP contribution in [0.4, 0.5) is 0 Å². The Balaban J connectivity index is 0.00000338. The summed E-state index contributed by atoms with van der Waals surface area (Å²) in [5.41, 5.74) is 0.608. The molecule has 1 saturated heterocycles. The SMILES string of the molecule is CCC(CC)N1CCN(C(=O)C=CC(O)c2ccc(Cl)c(Cl)c2)CC1.Cl. The molecule has 1 aliphatic heterocycles. The summed E-state index contributed by atoms with van der Waals surface area (Å²) >= 11 is 11.8. The number of piperazine rings is 1. The molecule has 1 aliphatic rings. The van der Waals surface area contributed by atoms with E-state index >= 15 is 0 Å². The number of aliphatic hydroxyl groups excluding tert-OH is 1. The topological polar surface area (TPSA) is 43.8 Å². The summed E-state index contributed by atoms with van der Waals surface area (Å²) in [6, 6.07) is 5.54. The lowest BCUT2D eigenvalue weighted by atomic mass is 10.1. The monoisotopic (exact) mass is 420 g/mol. The highest BCUT2D eigenvalue weighted by Gasteiger charge is 2.23. The first-order valence-electron chi connectivity index (χ1n) is 8.80. The van der Waals surface area contributed by atoms with Gasteiger partial charge in [0.25, 0.3) is 0 Å². The standard InChI is InChI=1S/C19H26Cl2N2O2.ClH/c1-3-15(4-2)22-9-11-23(12-10-22)19(25)8-7-18(24)14-5-6-16(20)17(21)13-14;/h5-8,13,15,18,24H,3-4,9-12H2,1-2H3;1H. The number of amides is 1. The molecule has 0 bridgehead atoms. The van der Waals surface area contributed by atoms with Crippen LogP contribution in [0.3, 0.4) is 0 Å². The number of aliphatic hydroxyl groups is 1. The molecule has 2 rings (SSSR count). The van der Waals surface area contributed by atoms with Crippen molar-refractivity contribution < 1.29 is 9.90 Å². The van der Waals surface area contributed by atoms with Crippen LogP contribution in [0.2, 0.25) is 10.0 Å². The second kappa shape index (κ2) is 11.2. The molecule has 7 heteroatoms. The van der Waals surface area contributed by atoms with Gasteiger partial charge in [-0.15, -0.1) is 12.4 Å². The van der Waals surface area contributed by atoms with E-state index in [1.165, 1.54) is 12.2 Å². The number of carbonyl (C=O) groups excluding carboxylic acids is 1. The van der Waals surface area contributed by atoms with Gasteiger partial charge in [-0.1, -0.05) is 43.1 Å². The Kier molecular flexibility index (Phi) is 9.98. The van der Waals surface area contributed by atoms with E-state index in [1.54, 1.807) is 18.2 Å². The van der Waals surface area contributed by atoms with Crippen LogP contribution < -0.4 is 0 Å². The summed E-state index contributed by atoms with van der Waals surface area (Å²) in [6.45, 7) is 7.67. The second-order valence-corrected chi connectivity index (χ2v) is 7.12. The van der Waals surface area contributed by atoms with Crippen LogP contribution in [-0.4, -0.2) is 53.0 Å². The zero-order valence-electron chi connectivity index (χ0n) is 15.2. The maximum Gasteiger partial charge on any atom is 0.246 e. The third kappa shape index (κ3) is 6.14. The molecule has 1 heterocycles. The van der Waals surface area contributed by atoms with Gasteiger partial charge in [0.1, 0.15) is 0 Å². The van der Waals surface area contributed by atoms with Gasteiger partial charge in [-0.3, -0.25) is 9.69 Å². The quantitative estimate of drug-likeness (QED) is 0.695. The van der Waals surface area contributed by atoms with Crippen molar-refractivity contribution in [1.82, 2.24) is 9.80 Å². The zero-order valence-corrected chi connectivity index (χ0v) is 17.5. The van der Waals surface area contributed by atoms with Gasteiger partial charge in [0, 0.05) is 38.3 Å². The fourth-order valence-corrected chi connectivity index (χ4v) is 3.51. The maximum absolute atomic E-state index is 12.3. The minimum Gasteiger partial charge on any atom is -0.384 e. The smallest absolute Gasteiger partial charge is 0.246 e. The number of nitrogens with zero attached hydrogens (tertiary/aromatic N) is 2. The number of hydrogen-bond acceptors (Lipinski definition) is 3. The summed E-state index contributed by atoms with van der Waals surface area (Å²) in [5.74, 6) is -0.0664. The van der Waals surface area contributed by atoms with Crippen molar-refractivity contribution in [3.8, 4) is 0 Å². The lowest BCUT2D eigenvalue weighted by Crippen LogP contribution is -2.51. The molecule has 146 valence electrons. The lowest BCUT2D eigenvalue weighted by Gasteiger charge is -2.38. The molecule has 1 amide bonds. The van der Waals surface area contributed by atoms with Crippen LogP contribution in [0, 0.1) is 0 Å². The molecule has 1 aromatic rings. The van der Waals surface area contributed by atoms with Gasteiger partial charge in [0.15, 0.2) is 0 Å². The minimum absolute atomic E-state index is 0. The van der Waals surface area contributed by atoms with Crippen LogP contribution in [0.15, 0.2) is 30.4 Å². The fourth-order valence-electron chi connectivity index (χ4n) is 3.20. The average Bonchev–Trinajstić information content (AvgIpc) is 2.63. The highest BCUT2D eigenvalue weighted by Crippen LogP contribution is 2.26. The summed E-state index contributed by atoms with van der Waals surface area (Å²) in [5, 5.41) is 11.0. The van der Waals surface area contributed by atoms with Crippen molar-refractivity contribution in [2.75, 3.05) is 26.2 Å². The molecule has 0 aliphatic carbocycles. The van der Waals surface area contributed by atoms with Crippen LogP contribution in [0.1, 0.15) is 38.4 Å². The van der Waals surface area contributed by atoms with Crippen molar-refractivity contribution in [1.29, 1.82) is 0 Å². The van der Waals surface area contributed by atoms with E-state index in [2.05, 4.69) is 18.7 Å². The first-order chi connectivity index (χ1) is 12.0. The van der Waals surface area contributed by atoms with Crippen molar-refractivity contribution in [3.05, 3.63) is 46.0 Å². The zero-order chi connectivity index (χ0) is 18.4. The summed E-state index contributed by atoms with van der Waals surface area (Å²) in [6.07, 6.45) is 4.33. The van der Waals surface area contributed by atoms with Crippen LogP contribution in [0.25, 0.3) is 0 Å². The number of rotatable bonds is 6. The van der Waals surface area contributed by atoms with E-state index in [1.807, 2.05) is 4.90 Å². The Bertz CT molecular complexity index is 613. The number of halogens is 3. The summed E-state index contributed by atoms with van der Waals surface area (Å²) < 4.78 is 0. The van der Waals surface area contributed by atoms with Gasteiger partial charge in [0.2, 0.25) is 5.91 Å². The Morgan fingerprint density at radius 3 is 2.31 bits per heavy atom. The Hall–Kier alpha value is -0.780. The molecule has 1 fully saturated rings. The third-order valence-electron chi connectivity index (χ3n) is 4.79. The highest BCUT2D eigenvalue weighted by atomic mass is 35.5. The average molecular weight is 422 g/mol. The Morgan fingerprint density at radius 1 is 1.15 bits per heavy atom. The van der Waals surface area contributed by atoms with Crippen molar-refractivity contribution in [2.45, 2.75) is 38.8 Å². The van der Waals surface area contributed by atoms with E-state index in [9.17, 15) is 9.90 Å². The maximum atomic E-state index is 12.3. The van der Waals surface area contributed by atoms with Crippen molar-refractivity contribution in [2.24, 2.45) is 0 Å². The van der Waals surface area contributed by atoms with E-state index in [-0.39, 0.29) is 18.3 Å². The van der Waals surface area contributed by atoms with E-state index in [4.69, 9.17) is 23.2 Å². The number of benzene rings is 1. The number of hydrogen-bond donors (Lipinski definition) is 1. The molecule has 1 aromatic carbocycles. The van der Waals surface area contributed by atoms with Gasteiger partial charge in [-0.05, 0) is 36.6 Å². The van der Waals surface area contributed by atoms with Gasteiger partial charge in [-0.25, -0.2) is 0 Å².